The van der Waals surface area contributed by atoms with Gasteiger partial charge in [0.05, 0.1) is 33.9 Å². The Hall–Kier alpha value is -4.31. The lowest BCUT2D eigenvalue weighted by molar-refractivity contribution is -0.00831. The molecule has 0 aromatic carbocycles. The summed E-state index contributed by atoms with van der Waals surface area (Å²) in [6, 6.07) is 3.61. The van der Waals surface area contributed by atoms with E-state index < -0.39 is 12.5 Å². The van der Waals surface area contributed by atoms with Crippen molar-refractivity contribution in [3.8, 4) is 6.07 Å². The van der Waals surface area contributed by atoms with Crippen molar-refractivity contribution in [2.45, 2.75) is 26.4 Å². The third-order valence-electron chi connectivity index (χ3n) is 5.82. The summed E-state index contributed by atoms with van der Waals surface area (Å²) in [6.07, 6.45) is -0.952. The quantitative estimate of drug-likeness (QED) is 0.512. The van der Waals surface area contributed by atoms with Crippen LogP contribution in [0.3, 0.4) is 0 Å². The Morgan fingerprint density at radius 3 is 2.68 bits per heavy atom. The molecule has 1 aliphatic rings. The Morgan fingerprint density at radius 1 is 1.34 bits per heavy atom. The van der Waals surface area contributed by atoms with Gasteiger partial charge < -0.3 is 20.9 Å². The fourth-order valence-corrected chi connectivity index (χ4v) is 4.04. The number of aromatic amines is 1. The van der Waals surface area contributed by atoms with Crippen molar-refractivity contribution in [1.82, 2.24) is 20.1 Å². The zero-order chi connectivity index (χ0) is 28.0. The molecule has 1 atom stereocenters. The van der Waals surface area contributed by atoms with Gasteiger partial charge in [0, 0.05) is 38.3 Å². The maximum absolute atomic E-state index is 14.2. The number of pyridine rings is 1. The number of nitriles is 1. The first-order chi connectivity index (χ1) is 18.1. The van der Waals surface area contributed by atoms with Gasteiger partial charge in [-0.15, -0.1) is 0 Å². The highest BCUT2D eigenvalue weighted by Gasteiger charge is 2.29. The molecule has 1 unspecified atom stereocenters. The van der Waals surface area contributed by atoms with Crippen molar-refractivity contribution in [1.29, 1.82) is 5.26 Å². The molecule has 2 aromatic rings. The third kappa shape index (κ3) is 6.15. The number of aliphatic imine (C=N–C) groups is 2. The molecule has 13 heteroatoms. The van der Waals surface area contributed by atoms with Crippen LogP contribution < -0.4 is 11.5 Å². The van der Waals surface area contributed by atoms with E-state index in [1.807, 2.05) is 6.07 Å². The zero-order valence-corrected chi connectivity index (χ0v) is 21.9. The molecule has 2 aromatic heterocycles. The minimum Gasteiger partial charge on any atom is -0.467 e. The van der Waals surface area contributed by atoms with Crippen LogP contribution in [0.4, 0.5) is 8.78 Å². The number of rotatable bonds is 3. The average molecular weight is 528 g/mol. The number of hydrogen-bond acceptors (Lipinski definition) is 10. The van der Waals surface area contributed by atoms with Crippen molar-refractivity contribution in [2.24, 2.45) is 21.5 Å². The van der Waals surface area contributed by atoms with Crippen LogP contribution in [0.2, 0.25) is 0 Å². The van der Waals surface area contributed by atoms with Crippen molar-refractivity contribution < 1.29 is 18.3 Å². The van der Waals surface area contributed by atoms with Crippen molar-refractivity contribution >= 4 is 34.2 Å². The number of nitrogens with two attached hydrogens (primary N) is 2. The molecular weight excluding hydrogens is 496 g/mol. The Morgan fingerprint density at radius 2 is 2.08 bits per heavy atom. The van der Waals surface area contributed by atoms with E-state index in [2.05, 4.69) is 25.2 Å². The van der Waals surface area contributed by atoms with Gasteiger partial charge in [-0.25, -0.2) is 8.78 Å². The molecule has 3 heterocycles. The molecule has 3 rings (SSSR count). The second-order valence-corrected chi connectivity index (χ2v) is 8.63. The van der Waals surface area contributed by atoms with Crippen LogP contribution in [0.25, 0.3) is 22.6 Å². The molecule has 0 amide bonds. The minimum absolute atomic E-state index is 0.0329. The molecule has 1 aliphatic heterocycles. The summed E-state index contributed by atoms with van der Waals surface area (Å²) in [7, 11) is 4.65. The summed E-state index contributed by atoms with van der Waals surface area (Å²) >= 11 is 0. The number of allylic oxidation sites excluding steroid dienone is 2. The van der Waals surface area contributed by atoms with E-state index >= 15 is 0 Å². The number of fused-ring (bicyclic) bond motifs is 1. The second kappa shape index (κ2) is 12.3. The Bertz CT molecular complexity index is 1380. The third-order valence-corrected chi connectivity index (χ3v) is 5.82. The number of nitrogens with one attached hydrogen (secondary N) is 1. The molecule has 202 valence electrons. The Kier molecular flexibility index (Phi) is 9.14. The first kappa shape index (κ1) is 28.3. The van der Waals surface area contributed by atoms with E-state index in [4.69, 9.17) is 26.2 Å². The molecule has 11 nitrogen and oxygen atoms in total. The molecule has 0 saturated carbocycles. The maximum atomic E-state index is 14.2. The Labute approximate surface area is 219 Å². The predicted octanol–water partition coefficient (Wildman–Crippen LogP) is 2.37. The molecule has 5 N–H and O–H groups in total. The van der Waals surface area contributed by atoms with Gasteiger partial charge in [-0.2, -0.15) is 10.4 Å². The number of ether oxygens (including phenoxy) is 2. The highest BCUT2D eigenvalue weighted by atomic mass is 19.3. The lowest BCUT2D eigenvalue weighted by atomic mass is 10.0. The van der Waals surface area contributed by atoms with Crippen LogP contribution in [0.15, 0.2) is 39.3 Å². The van der Waals surface area contributed by atoms with Gasteiger partial charge in [0.15, 0.2) is 18.6 Å². The van der Waals surface area contributed by atoms with Crippen LogP contribution in [-0.2, 0) is 9.47 Å². The second-order valence-electron chi connectivity index (χ2n) is 8.63. The van der Waals surface area contributed by atoms with Crippen LogP contribution in [-0.4, -0.2) is 85.1 Å². The molecule has 38 heavy (non-hydrogen) atoms. The number of aromatic nitrogens is 3. The fraction of sp³-hybridized carbons (Fsp3) is 0.400. The van der Waals surface area contributed by atoms with E-state index in [1.165, 1.54) is 7.05 Å². The number of hydrogen-bond donors (Lipinski definition) is 3. The number of nitrogens with zero attached hydrogens (tertiary/aromatic N) is 6. The molecule has 0 spiro atoms. The average Bonchev–Trinajstić information content (AvgIpc) is 3.28. The van der Waals surface area contributed by atoms with Gasteiger partial charge in [0.1, 0.15) is 11.6 Å². The van der Waals surface area contributed by atoms with Crippen molar-refractivity contribution in [3.05, 3.63) is 46.4 Å². The van der Waals surface area contributed by atoms with Crippen molar-refractivity contribution in [2.75, 3.05) is 40.8 Å². The summed E-state index contributed by atoms with van der Waals surface area (Å²) in [4.78, 5) is 14.7. The van der Waals surface area contributed by atoms with Crippen LogP contribution in [0.5, 0.6) is 0 Å². The monoisotopic (exact) mass is 527 g/mol. The summed E-state index contributed by atoms with van der Waals surface area (Å²) in [5.74, 6) is -0.0842. The molecule has 0 aliphatic carbocycles. The van der Waals surface area contributed by atoms with Crippen LogP contribution in [0, 0.1) is 18.3 Å². The van der Waals surface area contributed by atoms with Crippen LogP contribution >= 0.6 is 0 Å². The number of likely N-dealkylation sites (N-methyl/N-ethyl adjacent to an activating group) is 1. The lowest BCUT2D eigenvalue weighted by Crippen LogP contribution is -2.40. The van der Waals surface area contributed by atoms with E-state index in [1.54, 1.807) is 51.1 Å². The van der Waals surface area contributed by atoms with Gasteiger partial charge in [-0.1, -0.05) is 0 Å². The van der Waals surface area contributed by atoms with Gasteiger partial charge >= 0.3 is 0 Å². The number of alkyl halides is 2. The van der Waals surface area contributed by atoms with Gasteiger partial charge in [0.25, 0.3) is 6.43 Å². The van der Waals surface area contributed by atoms with E-state index in [-0.39, 0.29) is 31.5 Å². The number of H-pyrrole nitrogens is 1. The number of aryl methyl sites for hydroxylation is 1. The standard InChI is InChI=1S/C25H31F2N9O2/c1-13(29)21-18-10-16-17(34-35-22(16)14(2)33-18)7-6-15(24(30)37-9-8-28)19(31-3)11-36(5)12-20(23(26)27)38-25(21)32-4/h6-7,10,20,23H,9,11-12,29-30H2,1-5H3,(H,34,35)/b7-6+,21-13-,24-15+,31-19?,32-25?. The predicted molar refractivity (Wildman–Crippen MR) is 142 cm³/mol. The summed E-state index contributed by atoms with van der Waals surface area (Å²) in [5, 5.41) is 17.0. The molecule has 0 saturated heterocycles. The SMILES string of the molecule is CN=C1OC(C(F)F)CN(C)CC(=NC)C(=C(\N)OCC#N)/C=C/c2[nH]nc3c(C)nc(cc23)/C1=C(\C)N. The summed E-state index contributed by atoms with van der Waals surface area (Å²) < 4.78 is 39.5. The van der Waals surface area contributed by atoms with E-state index in [0.29, 0.717) is 50.5 Å². The highest BCUT2D eigenvalue weighted by Crippen LogP contribution is 2.27. The first-order valence-corrected chi connectivity index (χ1v) is 11.7. The summed E-state index contributed by atoms with van der Waals surface area (Å²) in [5.41, 5.74) is 16.0. The molecule has 0 fully saturated rings. The van der Waals surface area contributed by atoms with E-state index in [9.17, 15) is 8.78 Å². The smallest absolute Gasteiger partial charge is 0.276 e. The van der Waals surface area contributed by atoms with Crippen LogP contribution in [0.1, 0.15) is 24.0 Å². The largest absolute Gasteiger partial charge is 0.467 e. The highest BCUT2D eigenvalue weighted by molar-refractivity contribution is 6.20. The van der Waals surface area contributed by atoms with E-state index in [0.717, 1.165) is 0 Å². The van der Waals surface area contributed by atoms with Gasteiger partial charge in [0.2, 0.25) is 5.90 Å². The lowest BCUT2D eigenvalue weighted by Gasteiger charge is -2.26. The Balaban J connectivity index is 2.31. The fourth-order valence-electron chi connectivity index (χ4n) is 4.04. The van der Waals surface area contributed by atoms with Gasteiger partial charge in [-0.3, -0.25) is 25.0 Å². The topological polar surface area (TPSA) is 164 Å². The zero-order valence-electron chi connectivity index (χ0n) is 21.9. The molecule has 2 bridgehead atoms. The van der Waals surface area contributed by atoms with Gasteiger partial charge in [-0.05, 0) is 39.1 Å². The first-order valence-electron chi connectivity index (χ1n) is 11.7. The summed E-state index contributed by atoms with van der Waals surface area (Å²) in [6.45, 7) is 3.09. The molecular formula is C25H31F2N9O2. The maximum Gasteiger partial charge on any atom is 0.276 e. The van der Waals surface area contributed by atoms with Crippen molar-refractivity contribution in [3.63, 3.8) is 0 Å². The number of halogens is 2. The minimum atomic E-state index is -2.83. The molecule has 0 radical (unpaired) electrons. The normalized spacial score (nSPS) is 23.2.